The molecule has 1 N–H and O–H groups in total. The van der Waals surface area contributed by atoms with Gasteiger partial charge >= 0.3 is 0 Å². The molecule has 0 aliphatic heterocycles. The van der Waals surface area contributed by atoms with Gasteiger partial charge in [-0.3, -0.25) is 4.79 Å². The summed E-state index contributed by atoms with van der Waals surface area (Å²) in [6.45, 7) is 0.228. The maximum Gasteiger partial charge on any atom is 0.257 e. The average molecular weight is 323 g/mol. The largest absolute Gasteiger partial charge is 0.497 e. The molecular weight excluding hydrogens is 306 g/mol. The van der Waals surface area contributed by atoms with Crippen LogP contribution in [0, 0.1) is 0 Å². The van der Waals surface area contributed by atoms with Gasteiger partial charge < -0.3 is 14.6 Å². The molecule has 6 heteroatoms. The van der Waals surface area contributed by atoms with Crippen LogP contribution in [-0.4, -0.2) is 23.2 Å². The van der Waals surface area contributed by atoms with Crippen LogP contribution in [0.2, 0.25) is 0 Å². The summed E-state index contributed by atoms with van der Waals surface area (Å²) in [4.78, 5) is 16.2. The van der Waals surface area contributed by atoms with Crippen LogP contribution in [0.5, 0.6) is 5.75 Å². The van der Waals surface area contributed by atoms with Crippen LogP contribution in [0.1, 0.15) is 11.4 Å². The predicted octanol–water partition coefficient (Wildman–Crippen LogP) is 2.60. The van der Waals surface area contributed by atoms with Crippen LogP contribution in [0.3, 0.4) is 0 Å². The van der Waals surface area contributed by atoms with E-state index in [0.29, 0.717) is 18.1 Å². The summed E-state index contributed by atoms with van der Waals surface area (Å²) in [7, 11) is 1.61. The van der Waals surface area contributed by atoms with Gasteiger partial charge in [-0.15, -0.1) is 0 Å². The molecule has 0 fully saturated rings. The molecule has 1 amide bonds. The Morgan fingerprint density at radius 2 is 1.88 bits per heavy atom. The maximum atomic E-state index is 11.9. The summed E-state index contributed by atoms with van der Waals surface area (Å²) in [6.07, 6.45) is 0.323. The van der Waals surface area contributed by atoms with Gasteiger partial charge in [0.15, 0.2) is 5.82 Å². The van der Waals surface area contributed by atoms with Crippen molar-refractivity contribution in [2.24, 2.45) is 0 Å². The standard InChI is InChI=1S/C18H17N3O3/c1-23-15-9-7-14(8-10-15)18-20-16(21-24-18)12-19-17(22)11-13-5-3-2-4-6-13/h2-10H,11-12H2,1H3,(H,19,22). The Morgan fingerprint density at radius 3 is 2.58 bits per heavy atom. The number of amides is 1. The lowest BCUT2D eigenvalue weighted by Gasteiger charge is -2.02. The van der Waals surface area contributed by atoms with Crippen LogP contribution in [0.25, 0.3) is 11.5 Å². The Balaban J connectivity index is 1.56. The van der Waals surface area contributed by atoms with Crippen molar-refractivity contribution in [3.05, 3.63) is 66.0 Å². The first-order chi connectivity index (χ1) is 11.7. The summed E-state index contributed by atoms with van der Waals surface area (Å²) < 4.78 is 10.3. The van der Waals surface area contributed by atoms with E-state index in [9.17, 15) is 4.79 Å². The SMILES string of the molecule is COc1ccc(-c2nc(CNC(=O)Cc3ccccc3)no2)cc1. The molecule has 3 rings (SSSR count). The zero-order valence-corrected chi connectivity index (χ0v) is 13.2. The van der Waals surface area contributed by atoms with Crippen molar-refractivity contribution >= 4 is 5.91 Å². The minimum absolute atomic E-state index is 0.0861. The van der Waals surface area contributed by atoms with Gasteiger partial charge in [0.05, 0.1) is 20.1 Å². The number of nitrogens with zero attached hydrogens (tertiary/aromatic N) is 2. The molecule has 0 aliphatic carbocycles. The molecule has 1 heterocycles. The fraction of sp³-hybridized carbons (Fsp3) is 0.167. The van der Waals surface area contributed by atoms with Crippen molar-refractivity contribution in [3.63, 3.8) is 0 Å². The fourth-order valence-electron chi connectivity index (χ4n) is 2.20. The van der Waals surface area contributed by atoms with Gasteiger partial charge in [-0.05, 0) is 29.8 Å². The number of rotatable bonds is 6. The van der Waals surface area contributed by atoms with Crippen LogP contribution < -0.4 is 10.1 Å². The Labute approximate surface area is 139 Å². The monoisotopic (exact) mass is 323 g/mol. The number of carbonyl (C=O) groups excluding carboxylic acids is 1. The predicted molar refractivity (Wildman–Crippen MR) is 88.3 cm³/mol. The second-order valence-electron chi connectivity index (χ2n) is 5.18. The van der Waals surface area contributed by atoms with Gasteiger partial charge in [0.25, 0.3) is 5.89 Å². The van der Waals surface area contributed by atoms with E-state index in [1.165, 1.54) is 0 Å². The molecule has 2 aromatic carbocycles. The van der Waals surface area contributed by atoms with E-state index >= 15 is 0 Å². The molecule has 0 unspecified atom stereocenters. The Morgan fingerprint density at radius 1 is 1.12 bits per heavy atom. The molecule has 0 atom stereocenters. The number of nitrogens with one attached hydrogen (secondary N) is 1. The first-order valence-corrected chi connectivity index (χ1v) is 7.52. The minimum Gasteiger partial charge on any atom is -0.497 e. The van der Waals surface area contributed by atoms with E-state index in [4.69, 9.17) is 9.26 Å². The Kier molecular flexibility index (Phi) is 4.86. The molecule has 0 spiro atoms. The summed E-state index contributed by atoms with van der Waals surface area (Å²) in [6, 6.07) is 16.9. The fourth-order valence-corrected chi connectivity index (χ4v) is 2.20. The highest BCUT2D eigenvalue weighted by atomic mass is 16.5. The summed E-state index contributed by atoms with van der Waals surface area (Å²) >= 11 is 0. The van der Waals surface area contributed by atoms with Gasteiger partial charge in [0.1, 0.15) is 5.75 Å². The quantitative estimate of drug-likeness (QED) is 0.754. The molecule has 6 nitrogen and oxygen atoms in total. The Bertz CT molecular complexity index is 798. The second-order valence-corrected chi connectivity index (χ2v) is 5.18. The molecule has 24 heavy (non-hydrogen) atoms. The van der Waals surface area contributed by atoms with Crippen LogP contribution in [0.15, 0.2) is 59.1 Å². The van der Waals surface area contributed by atoms with E-state index in [-0.39, 0.29) is 12.5 Å². The molecule has 122 valence electrons. The highest BCUT2D eigenvalue weighted by molar-refractivity contribution is 5.78. The molecule has 0 radical (unpaired) electrons. The molecule has 3 aromatic rings. The number of methoxy groups -OCH3 is 1. The first kappa shape index (κ1) is 15.7. The van der Waals surface area contributed by atoms with E-state index in [0.717, 1.165) is 16.9 Å². The zero-order valence-electron chi connectivity index (χ0n) is 13.2. The summed E-state index contributed by atoms with van der Waals surface area (Å²) in [5.41, 5.74) is 1.76. The van der Waals surface area contributed by atoms with Gasteiger partial charge in [-0.25, -0.2) is 0 Å². The molecule has 0 aliphatic rings. The topological polar surface area (TPSA) is 77.2 Å². The summed E-state index contributed by atoms with van der Waals surface area (Å²) in [5.74, 6) is 1.51. The highest BCUT2D eigenvalue weighted by Crippen LogP contribution is 2.20. The molecule has 1 aromatic heterocycles. The van der Waals surface area contributed by atoms with E-state index in [2.05, 4.69) is 15.5 Å². The Hall–Kier alpha value is -3.15. The lowest BCUT2D eigenvalue weighted by molar-refractivity contribution is -0.120. The van der Waals surface area contributed by atoms with Crippen molar-refractivity contribution in [1.29, 1.82) is 0 Å². The average Bonchev–Trinajstić information content (AvgIpc) is 3.10. The number of aromatic nitrogens is 2. The van der Waals surface area contributed by atoms with Gasteiger partial charge in [0, 0.05) is 5.56 Å². The third-order valence-electron chi connectivity index (χ3n) is 3.46. The molecule has 0 bridgehead atoms. The number of hydrogen-bond acceptors (Lipinski definition) is 5. The number of benzene rings is 2. The van der Waals surface area contributed by atoms with Gasteiger partial charge in [-0.1, -0.05) is 35.5 Å². The van der Waals surface area contributed by atoms with Crippen molar-refractivity contribution in [2.45, 2.75) is 13.0 Å². The smallest absolute Gasteiger partial charge is 0.257 e. The second kappa shape index (κ2) is 7.41. The zero-order chi connectivity index (χ0) is 16.8. The number of ether oxygens (including phenoxy) is 1. The van der Waals surface area contributed by atoms with E-state index in [1.54, 1.807) is 7.11 Å². The first-order valence-electron chi connectivity index (χ1n) is 7.52. The molecule has 0 saturated heterocycles. The maximum absolute atomic E-state index is 11.9. The molecule has 0 saturated carbocycles. The van der Waals surface area contributed by atoms with E-state index in [1.807, 2.05) is 54.6 Å². The third kappa shape index (κ3) is 3.98. The third-order valence-corrected chi connectivity index (χ3v) is 3.46. The van der Waals surface area contributed by atoms with Crippen molar-refractivity contribution in [2.75, 3.05) is 7.11 Å². The van der Waals surface area contributed by atoms with Crippen LogP contribution >= 0.6 is 0 Å². The van der Waals surface area contributed by atoms with Gasteiger partial charge in [-0.2, -0.15) is 4.98 Å². The lowest BCUT2D eigenvalue weighted by Crippen LogP contribution is -2.25. The van der Waals surface area contributed by atoms with Crippen molar-refractivity contribution in [3.8, 4) is 17.2 Å². The van der Waals surface area contributed by atoms with E-state index < -0.39 is 0 Å². The minimum atomic E-state index is -0.0861. The highest BCUT2D eigenvalue weighted by Gasteiger charge is 2.10. The van der Waals surface area contributed by atoms with Crippen molar-refractivity contribution in [1.82, 2.24) is 15.5 Å². The van der Waals surface area contributed by atoms with Gasteiger partial charge in [0.2, 0.25) is 5.91 Å². The number of hydrogen-bond donors (Lipinski definition) is 1. The number of carbonyl (C=O) groups is 1. The lowest BCUT2D eigenvalue weighted by atomic mass is 10.1. The normalized spacial score (nSPS) is 10.4. The van der Waals surface area contributed by atoms with Crippen molar-refractivity contribution < 1.29 is 14.1 Å². The van der Waals surface area contributed by atoms with Crippen LogP contribution in [0.4, 0.5) is 0 Å². The summed E-state index contributed by atoms with van der Waals surface area (Å²) in [5, 5.41) is 6.67. The van der Waals surface area contributed by atoms with Crippen LogP contribution in [-0.2, 0) is 17.8 Å². The molecular formula is C18H17N3O3.